The molecule has 2 unspecified atom stereocenters. The topological polar surface area (TPSA) is 55.8 Å². The van der Waals surface area contributed by atoms with E-state index in [0.717, 1.165) is 35.3 Å². The van der Waals surface area contributed by atoms with Gasteiger partial charge in [-0.05, 0) is 61.9 Å². The Morgan fingerprint density at radius 1 is 1.03 bits per heavy atom. The van der Waals surface area contributed by atoms with Gasteiger partial charge < -0.3 is 14.4 Å². The molecule has 2 bridgehead atoms. The summed E-state index contributed by atoms with van der Waals surface area (Å²) in [6.45, 7) is 2.23. The molecule has 2 aliphatic heterocycles. The number of ketones is 1. The molecule has 5 heteroatoms. The molecule has 0 aromatic heterocycles. The lowest BCUT2D eigenvalue weighted by atomic mass is 9.84. The second-order valence-corrected chi connectivity index (χ2v) is 8.05. The molecule has 1 amide bonds. The fraction of sp³-hybridized carbons (Fsp3) is 0.417. The van der Waals surface area contributed by atoms with Crippen molar-refractivity contribution >= 4 is 11.9 Å². The Balaban J connectivity index is 1.41. The Kier molecular flexibility index (Phi) is 5.56. The summed E-state index contributed by atoms with van der Waals surface area (Å²) in [5.41, 5.74) is 2.68. The fourth-order valence-electron chi connectivity index (χ4n) is 4.74. The van der Waals surface area contributed by atoms with Gasteiger partial charge in [-0.15, -0.1) is 0 Å². The molecule has 2 aromatic rings. The van der Waals surface area contributed by atoms with Crippen molar-refractivity contribution in [3.8, 4) is 5.75 Å². The third-order valence-corrected chi connectivity index (χ3v) is 6.22. The van der Waals surface area contributed by atoms with Crippen molar-refractivity contribution in [3.05, 3.63) is 65.2 Å². The van der Waals surface area contributed by atoms with Crippen molar-refractivity contribution in [2.75, 3.05) is 7.11 Å². The lowest BCUT2D eigenvalue weighted by molar-refractivity contribution is 0.0485. The average Bonchev–Trinajstić information content (AvgIpc) is 3.01. The smallest absolute Gasteiger partial charge is 0.410 e. The van der Waals surface area contributed by atoms with Crippen LogP contribution >= 0.6 is 0 Å². The van der Waals surface area contributed by atoms with E-state index in [1.165, 1.54) is 0 Å². The minimum absolute atomic E-state index is 0.0437. The number of hydrogen-bond acceptors (Lipinski definition) is 4. The number of rotatable bonds is 5. The summed E-state index contributed by atoms with van der Waals surface area (Å²) in [5, 5.41) is 0. The zero-order chi connectivity index (χ0) is 20.4. The van der Waals surface area contributed by atoms with Crippen molar-refractivity contribution in [1.29, 1.82) is 0 Å². The number of ether oxygens (including phenoxy) is 2. The van der Waals surface area contributed by atoms with Crippen LogP contribution in [-0.2, 0) is 11.3 Å². The SMILES string of the molecule is COc1ccc(C(=O)C2CC3CCC(C2)N3C(=O)OCc2ccccc2)c(C)c1. The highest BCUT2D eigenvalue weighted by Crippen LogP contribution is 2.40. The number of fused-ring (bicyclic) bond motifs is 2. The van der Waals surface area contributed by atoms with Gasteiger partial charge >= 0.3 is 6.09 Å². The molecule has 0 radical (unpaired) electrons. The summed E-state index contributed by atoms with van der Waals surface area (Å²) in [6.07, 6.45) is 3.04. The third-order valence-electron chi connectivity index (χ3n) is 6.22. The summed E-state index contributed by atoms with van der Waals surface area (Å²) in [4.78, 5) is 27.7. The minimum Gasteiger partial charge on any atom is -0.497 e. The van der Waals surface area contributed by atoms with Crippen LogP contribution in [0.4, 0.5) is 4.79 Å². The van der Waals surface area contributed by atoms with E-state index < -0.39 is 0 Å². The number of benzene rings is 2. The maximum atomic E-state index is 13.2. The number of amides is 1. The summed E-state index contributed by atoms with van der Waals surface area (Å²) in [5.74, 6) is 0.896. The zero-order valence-corrected chi connectivity index (χ0v) is 17.0. The van der Waals surface area contributed by atoms with E-state index in [1.807, 2.05) is 60.4 Å². The van der Waals surface area contributed by atoms with Crippen LogP contribution in [-0.4, -0.2) is 36.0 Å². The number of aryl methyl sites for hydroxylation is 1. The number of carbonyl (C=O) groups is 2. The van der Waals surface area contributed by atoms with E-state index in [9.17, 15) is 9.59 Å². The molecule has 4 rings (SSSR count). The Morgan fingerprint density at radius 2 is 1.72 bits per heavy atom. The van der Waals surface area contributed by atoms with E-state index >= 15 is 0 Å². The molecule has 152 valence electrons. The van der Waals surface area contributed by atoms with Crippen molar-refractivity contribution in [2.45, 2.75) is 51.3 Å². The van der Waals surface area contributed by atoms with Crippen molar-refractivity contribution in [2.24, 2.45) is 5.92 Å². The monoisotopic (exact) mass is 393 g/mol. The Labute approximate surface area is 171 Å². The lowest BCUT2D eigenvalue weighted by Gasteiger charge is -2.37. The summed E-state index contributed by atoms with van der Waals surface area (Å²) < 4.78 is 10.8. The molecule has 0 spiro atoms. The first-order valence-corrected chi connectivity index (χ1v) is 10.2. The van der Waals surface area contributed by atoms with Crippen LogP contribution in [0.1, 0.15) is 47.2 Å². The van der Waals surface area contributed by atoms with Gasteiger partial charge in [-0.2, -0.15) is 0 Å². The normalized spacial score (nSPS) is 23.0. The Bertz CT molecular complexity index is 881. The molecule has 0 N–H and O–H groups in total. The Morgan fingerprint density at radius 3 is 2.34 bits per heavy atom. The second-order valence-electron chi connectivity index (χ2n) is 8.05. The van der Waals surface area contributed by atoms with Gasteiger partial charge in [0.05, 0.1) is 7.11 Å². The zero-order valence-electron chi connectivity index (χ0n) is 17.0. The highest BCUT2D eigenvalue weighted by molar-refractivity contribution is 5.99. The molecule has 2 aliphatic rings. The maximum Gasteiger partial charge on any atom is 0.410 e. The molecular formula is C24H27NO4. The minimum atomic E-state index is -0.257. The van der Waals surface area contributed by atoms with Gasteiger partial charge in [0.2, 0.25) is 0 Å². The van der Waals surface area contributed by atoms with Crippen molar-refractivity contribution in [1.82, 2.24) is 4.90 Å². The summed E-state index contributed by atoms with van der Waals surface area (Å²) >= 11 is 0. The molecule has 2 saturated heterocycles. The average molecular weight is 393 g/mol. The number of nitrogens with zero attached hydrogens (tertiary/aromatic N) is 1. The van der Waals surface area contributed by atoms with Crippen LogP contribution in [0, 0.1) is 12.8 Å². The molecule has 2 aromatic carbocycles. The fourth-order valence-corrected chi connectivity index (χ4v) is 4.74. The first-order chi connectivity index (χ1) is 14.1. The van der Waals surface area contributed by atoms with Gasteiger partial charge in [0, 0.05) is 23.6 Å². The maximum absolute atomic E-state index is 13.2. The molecule has 2 atom stereocenters. The van der Waals surface area contributed by atoms with E-state index in [4.69, 9.17) is 9.47 Å². The molecule has 29 heavy (non-hydrogen) atoms. The number of Topliss-reactive ketones (excluding diaryl/α,β-unsaturated/α-hetero) is 1. The van der Waals surface area contributed by atoms with Crippen LogP contribution in [0.15, 0.2) is 48.5 Å². The quantitative estimate of drug-likeness (QED) is 0.687. The van der Waals surface area contributed by atoms with Gasteiger partial charge in [-0.3, -0.25) is 4.79 Å². The number of carbonyl (C=O) groups excluding carboxylic acids is 2. The lowest BCUT2D eigenvalue weighted by Crippen LogP contribution is -2.48. The molecule has 0 aliphatic carbocycles. The highest BCUT2D eigenvalue weighted by atomic mass is 16.6. The summed E-state index contributed by atoms with van der Waals surface area (Å²) in [7, 11) is 1.63. The summed E-state index contributed by atoms with van der Waals surface area (Å²) in [6, 6.07) is 15.5. The number of methoxy groups -OCH3 is 1. The molecular weight excluding hydrogens is 366 g/mol. The van der Waals surface area contributed by atoms with E-state index in [-0.39, 0.29) is 36.5 Å². The van der Waals surface area contributed by atoms with E-state index in [2.05, 4.69) is 0 Å². The van der Waals surface area contributed by atoms with E-state index in [1.54, 1.807) is 7.11 Å². The standard InChI is InChI=1S/C24H27NO4/c1-16-12-21(28-2)10-11-22(16)23(26)18-13-19-8-9-20(14-18)25(19)24(27)29-15-17-6-4-3-5-7-17/h3-7,10-12,18-20H,8-9,13-15H2,1-2H3. The van der Waals surface area contributed by atoms with Crippen molar-refractivity contribution < 1.29 is 19.1 Å². The first-order valence-electron chi connectivity index (χ1n) is 10.2. The predicted molar refractivity (Wildman–Crippen MR) is 110 cm³/mol. The van der Waals surface area contributed by atoms with Gasteiger partial charge in [-0.1, -0.05) is 30.3 Å². The first kappa shape index (κ1) is 19.5. The third kappa shape index (κ3) is 4.00. The number of piperidine rings is 1. The van der Waals surface area contributed by atoms with Gasteiger partial charge in [0.15, 0.2) is 5.78 Å². The van der Waals surface area contributed by atoms with Gasteiger partial charge in [0.1, 0.15) is 12.4 Å². The highest BCUT2D eigenvalue weighted by Gasteiger charge is 2.46. The second kappa shape index (κ2) is 8.27. The van der Waals surface area contributed by atoms with Crippen LogP contribution < -0.4 is 4.74 Å². The van der Waals surface area contributed by atoms with Gasteiger partial charge in [-0.25, -0.2) is 4.79 Å². The predicted octanol–water partition coefficient (Wildman–Crippen LogP) is 4.77. The van der Waals surface area contributed by atoms with Crippen LogP contribution in [0.2, 0.25) is 0 Å². The van der Waals surface area contributed by atoms with Crippen molar-refractivity contribution in [3.63, 3.8) is 0 Å². The Hall–Kier alpha value is -2.82. The molecule has 5 nitrogen and oxygen atoms in total. The molecule has 2 heterocycles. The van der Waals surface area contributed by atoms with Crippen LogP contribution in [0.3, 0.4) is 0 Å². The van der Waals surface area contributed by atoms with Crippen LogP contribution in [0.5, 0.6) is 5.75 Å². The number of hydrogen-bond donors (Lipinski definition) is 0. The van der Waals surface area contributed by atoms with E-state index in [0.29, 0.717) is 12.8 Å². The molecule has 2 fully saturated rings. The molecule has 0 saturated carbocycles. The largest absolute Gasteiger partial charge is 0.497 e. The van der Waals surface area contributed by atoms with Gasteiger partial charge in [0.25, 0.3) is 0 Å². The van der Waals surface area contributed by atoms with Crippen LogP contribution in [0.25, 0.3) is 0 Å².